The molecule has 34 heavy (non-hydrogen) atoms. The van der Waals surface area contributed by atoms with Gasteiger partial charge in [-0.2, -0.15) is 0 Å². The summed E-state index contributed by atoms with van der Waals surface area (Å²) in [4.78, 5) is 17.4. The second-order valence-electron chi connectivity index (χ2n) is 10.5. The number of thiocarbonyl (C=S) groups is 1. The summed E-state index contributed by atoms with van der Waals surface area (Å²) in [5, 5.41) is 7.03. The van der Waals surface area contributed by atoms with Gasteiger partial charge in [-0.25, -0.2) is 0 Å². The number of hydrogen-bond acceptors (Lipinski definition) is 3. The number of rotatable bonds is 7. The van der Waals surface area contributed by atoms with Gasteiger partial charge in [0.05, 0.1) is 6.54 Å². The van der Waals surface area contributed by atoms with E-state index in [4.69, 9.17) is 12.2 Å². The third kappa shape index (κ3) is 6.82. The minimum Gasteiger partial charge on any atom is -0.354 e. The molecule has 1 aromatic rings. The highest BCUT2D eigenvalue weighted by Gasteiger charge is 2.42. The monoisotopic (exact) mass is 482 g/mol. The molecule has 0 unspecified atom stereocenters. The van der Waals surface area contributed by atoms with E-state index in [1.807, 2.05) is 0 Å². The first-order valence-corrected chi connectivity index (χ1v) is 13.7. The van der Waals surface area contributed by atoms with Crippen LogP contribution in [-0.2, 0) is 11.3 Å². The molecule has 1 spiro atoms. The van der Waals surface area contributed by atoms with Gasteiger partial charge in [-0.1, -0.05) is 60.7 Å². The van der Waals surface area contributed by atoms with Crippen LogP contribution in [0.5, 0.6) is 0 Å². The molecule has 1 saturated carbocycles. The van der Waals surface area contributed by atoms with E-state index in [-0.39, 0.29) is 18.0 Å². The molecule has 1 aromatic carbocycles. The fourth-order valence-electron chi connectivity index (χ4n) is 5.86. The summed E-state index contributed by atoms with van der Waals surface area (Å²) in [6.45, 7) is 7.02. The molecule has 2 N–H and O–H groups in total. The van der Waals surface area contributed by atoms with Gasteiger partial charge in [0.1, 0.15) is 0 Å². The van der Waals surface area contributed by atoms with Crippen LogP contribution in [0.1, 0.15) is 75.3 Å². The van der Waals surface area contributed by atoms with Crippen molar-refractivity contribution in [2.75, 3.05) is 32.7 Å². The molecule has 6 heteroatoms. The molecule has 5 nitrogen and oxygen atoms in total. The van der Waals surface area contributed by atoms with Crippen molar-refractivity contribution in [2.45, 2.75) is 83.2 Å². The van der Waals surface area contributed by atoms with Gasteiger partial charge >= 0.3 is 0 Å². The molecular weight excluding hydrogens is 440 g/mol. The number of nitrogens with zero attached hydrogens (tertiary/aromatic N) is 2. The summed E-state index contributed by atoms with van der Waals surface area (Å²) in [5.41, 5.74) is 4.39. The molecule has 1 aliphatic heterocycles. The number of allylic oxidation sites excluding steroid dienone is 1. The number of aryl methyl sites for hydroxylation is 1. The molecule has 0 bridgehead atoms. The molecule has 2 aliphatic carbocycles. The zero-order valence-corrected chi connectivity index (χ0v) is 21.7. The summed E-state index contributed by atoms with van der Waals surface area (Å²) in [5.74, 6) is 0.0316. The molecule has 186 valence electrons. The van der Waals surface area contributed by atoms with Crippen molar-refractivity contribution in [3.63, 3.8) is 0 Å². The highest BCUT2D eigenvalue weighted by molar-refractivity contribution is 7.80. The Hall–Kier alpha value is -1.92. The summed E-state index contributed by atoms with van der Waals surface area (Å²) in [6.07, 6.45) is 14.7. The zero-order chi connectivity index (χ0) is 23.8. The topological polar surface area (TPSA) is 47.6 Å². The van der Waals surface area contributed by atoms with Gasteiger partial charge in [-0.15, -0.1) is 0 Å². The van der Waals surface area contributed by atoms with Crippen LogP contribution >= 0.6 is 12.2 Å². The summed E-state index contributed by atoms with van der Waals surface area (Å²) in [7, 11) is 0. The summed E-state index contributed by atoms with van der Waals surface area (Å²) < 4.78 is 0. The lowest BCUT2D eigenvalue weighted by Crippen LogP contribution is -2.64. The SMILES string of the molecule is Cc1ccc(CN2CCN(C(=S)NCC(=O)NCCC3=CCCCC3)CC23CCCCC3)cc1. The van der Waals surface area contributed by atoms with E-state index in [9.17, 15) is 4.79 Å². The smallest absolute Gasteiger partial charge is 0.239 e. The lowest BCUT2D eigenvalue weighted by Gasteiger charge is -2.53. The van der Waals surface area contributed by atoms with E-state index in [1.54, 1.807) is 0 Å². The van der Waals surface area contributed by atoms with Crippen LogP contribution in [0.15, 0.2) is 35.9 Å². The first kappa shape index (κ1) is 25.2. The fourth-order valence-corrected chi connectivity index (χ4v) is 6.08. The van der Waals surface area contributed by atoms with Crippen LogP contribution in [0.4, 0.5) is 0 Å². The first-order valence-electron chi connectivity index (χ1n) is 13.3. The Morgan fingerprint density at radius 3 is 2.56 bits per heavy atom. The van der Waals surface area contributed by atoms with Crippen molar-refractivity contribution in [2.24, 2.45) is 0 Å². The second kappa shape index (κ2) is 12.2. The molecule has 2 fully saturated rings. The van der Waals surface area contributed by atoms with E-state index in [1.165, 1.54) is 74.5 Å². The lowest BCUT2D eigenvalue weighted by molar-refractivity contribution is -0.120. The largest absolute Gasteiger partial charge is 0.354 e. The van der Waals surface area contributed by atoms with Crippen LogP contribution in [0.3, 0.4) is 0 Å². The quantitative estimate of drug-likeness (QED) is 0.436. The second-order valence-corrected chi connectivity index (χ2v) is 10.9. The molecular formula is C28H42N4OS. The summed E-state index contributed by atoms with van der Waals surface area (Å²) >= 11 is 5.75. The molecule has 1 amide bonds. The number of carbonyl (C=O) groups is 1. The Morgan fingerprint density at radius 2 is 1.82 bits per heavy atom. The van der Waals surface area contributed by atoms with Crippen molar-refractivity contribution in [1.29, 1.82) is 0 Å². The van der Waals surface area contributed by atoms with E-state index in [2.05, 4.69) is 57.7 Å². The molecule has 1 saturated heterocycles. The Morgan fingerprint density at radius 1 is 1.03 bits per heavy atom. The minimum atomic E-state index is 0.0316. The van der Waals surface area contributed by atoms with Crippen LogP contribution < -0.4 is 10.6 Å². The average Bonchev–Trinajstić information content (AvgIpc) is 2.86. The molecule has 4 rings (SSSR count). The van der Waals surface area contributed by atoms with E-state index in [0.717, 1.165) is 44.3 Å². The van der Waals surface area contributed by atoms with Crippen molar-refractivity contribution in [3.05, 3.63) is 47.0 Å². The normalized spacial score (nSPS) is 20.6. The highest BCUT2D eigenvalue weighted by atomic mass is 32.1. The van der Waals surface area contributed by atoms with Gasteiger partial charge in [0.25, 0.3) is 0 Å². The van der Waals surface area contributed by atoms with Gasteiger partial charge in [-0.3, -0.25) is 9.69 Å². The predicted molar refractivity (Wildman–Crippen MR) is 144 cm³/mol. The first-order chi connectivity index (χ1) is 16.5. The van der Waals surface area contributed by atoms with Crippen molar-refractivity contribution < 1.29 is 4.79 Å². The Kier molecular flexibility index (Phi) is 9.01. The number of hydrogen-bond donors (Lipinski definition) is 2. The molecule has 0 radical (unpaired) electrons. The van der Waals surface area contributed by atoms with Gasteiger partial charge < -0.3 is 15.5 Å². The van der Waals surface area contributed by atoms with Crippen molar-refractivity contribution in [1.82, 2.24) is 20.4 Å². The van der Waals surface area contributed by atoms with E-state index in [0.29, 0.717) is 0 Å². The van der Waals surface area contributed by atoms with Crippen molar-refractivity contribution in [3.8, 4) is 0 Å². The van der Waals surface area contributed by atoms with Crippen LogP contribution in [-0.4, -0.2) is 59.1 Å². The number of nitrogens with one attached hydrogen (secondary N) is 2. The van der Waals surface area contributed by atoms with Crippen LogP contribution in [0.2, 0.25) is 0 Å². The van der Waals surface area contributed by atoms with Gasteiger partial charge in [0.2, 0.25) is 5.91 Å². The lowest BCUT2D eigenvalue weighted by atomic mass is 9.78. The van der Waals surface area contributed by atoms with Crippen LogP contribution in [0, 0.1) is 6.92 Å². The van der Waals surface area contributed by atoms with E-state index >= 15 is 0 Å². The zero-order valence-electron chi connectivity index (χ0n) is 20.9. The Bertz CT molecular complexity index is 860. The van der Waals surface area contributed by atoms with Gasteiger partial charge in [0, 0.05) is 38.3 Å². The minimum absolute atomic E-state index is 0.0316. The average molecular weight is 483 g/mol. The highest BCUT2D eigenvalue weighted by Crippen LogP contribution is 2.37. The standard InChI is InChI=1S/C28H42N4OS/c1-23-10-12-25(13-11-23)21-32-19-18-31(22-28(32)15-6-3-7-16-28)27(34)30-20-26(33)29-17-14-24-8-4-2-5-9-24/h8,10-13H,2-7,9,14-22H2,1H3,(H,29,33)(H,30,34). The van der Waals surface area contributed by atoms with E-state index < -0.39 is 0 Å². The number of amides is 1. The van der Waals surface area contributed by atoms with Crippen molar-refractivity contribution >= 4 is 23.2 Å². The maximum atomic E-state index is 12.4. The molecule has 1 heterocycles. The summed E-state index contributed by atoms with van der Waals surface area (Å²) in [6, 6.07) is 8.98. The number of carbonyl (C=O) groups excluding carboxylic acids is 1. The maximum Gasteiger partial charge on any atom is 0.239 e. The van der Waals surface area contributed by atoms with Gasteiger partial charge in [0.15, 0.2) is 5.11 Å². The Labute approximate surface area is 211 Å². The fraction of sp³-hybridized carbons (Fsp3) is 0.643. The van der Waals surface area contributed by atoms with Gasteiger partial charge in [-0.05, 0) is 69.7 Å². The maximum absolute atomic E-state index is 12.4. The predicted octanol–water partition coefficient (Wildman–Crippen LogP) is 4.70. The Balaban J connectivity index is 1.26. The number of piperazine rings is 1. The molecule has 3 aliphatic rings. The molecule has 0 aromatic heterocycles. The third-order valence-electron chi connectivity index (χ3n) is 7.91. The van der Waals surface area contributed by atoms with Crippen LogP contribution in [0.25, 0.3) is 0 Å². The third-order valence-corrected chi connectivity index (χ3v) is 8.32. The molecule has 0 atom stereocenters. The number of benzene rings is 1.